The quantitative estimate of drug-likeness (QED) is 0.258. The van der Waals surface area contributed by atoms with Crippen LogP contribution in [-0.4, -0.2) is 36.7 Å². The Bertz CT molecular complexity index is 1530. The molecule has 1 atom stereocenters. The average molecular weight is 481 g/mol. The summed E-state index contributed by atoms with van der Waals surface area (Å²) in [5.41, 5.74) is 1.73. The fourth-order valence-corrected chi connectivity index (χ4v) is 4.84. The fourth-order valence-electron chi connectivity index (χ4n) is 4.84. The van der Waals surface area contributed by atoms with Crippen molar-refractivity contribution in [1.82, 2.24) is 5.32 Å². The van der Waals surface area contributed by atoms with Crippen LogP contribution in [0.1, 0.15) is 18.4 Å². The molecule has 0 aliphatic carbocycles. The van der Waals surface area contributed by atoms with Gasteiger partial charge in [0.1, 0.15) is 11.8 Å². The molecule has 0 aliphatic rings. The molecular formula is C30H28N2O4. The maximum Gasteiger partial charge on any atom is 0.249 e. The van der Waals surface area contributed by atoms with Gasteiger partial charge in [0, 0.05) is 18.2 Å². The summed E-state index contributed by atoms with van der Waals surface area (Å²) in [6.07, 6.45) is 1.62. The smallest absolute Gasteiger partial charge is 0.249 e. The molecule has 0 spiro atoms. The molecule has 0 saturated carbocycles. The standard InChI is InChI=1S/C30H28N2O4/c1-36-24-9-4-8-23(17-24)31-30(35)26(18-33)32-27(34)10-3-5-19-11-12-22-14-13-20-6-2-7-21-15-16-25(19)29(22)28(20)21/h2,4,6-9,11-17,26,33H,3,5,10,18H2,1H3,(H,31,35)(H,32,34). The number of ether oxygens (including phenoxy) is 1. The maximum absolute atomic E-state index is 12.6. The molecule has 0 aliphatic heterocycles. The van der Waals surface area contributed by atoms with E-state index in [9.17, 15) is 14.7 Å². The lowest BCUT2D eigenvalue weighted by Gasteiger charge is -2.17. The van der Waals surface area contributed by atoms with Gasteiger partial charge in [0.15, 0.2) is 0 Å². The largest absolute Gasteiger partial charge is 0.497 e. The van der Waals surface area contributed by atoms with Crippen molar-refractivity contribution in [1.29, 1.82) is 0 Å². The van der Waals surface area contributed by atoms with E-state index < -0.39 is 18.6 Å². The zero-order chi connectivity index (χ0) is 25.1. The molecule has 5 rings (SSSR count). The number of benzene rings is 5. The number of anilines is 1. The Morgan fingerprint density at radius 1 is 0.889 bits per heavy atom. The lowest BCUT2D eigenvalue weighted by Crippen LogP contribution is -2.46. The fraction of sp³-hybridized carbons (Fsp3) is 0.200. The first-order chi connectivity index (χ1) is 17.6. The van der Waals surface area contributed by atoms with Gasteiger partial charge in [0.2, 0.25) is 11.8 Å². The van der Waals surface area contributed by atoms with Crippen molar-refractivity contribution in [3.63, 3.8) is 0 Å². The van der Waals surface area contributed by atoms with Crippen LogP contribution in [-0.2, 0) is 16.0 Å². The number of methoxy groups -OCH3 is 1. The lowest BCUT2D eigenvalue weighted by molar-refractivity contribution is -0.127. The Hall–Kier alpha value is -4.16. The highest BCUT2D eigenvalue weighted by atomic mass is 16.5. The summed E-state index contributed by atoms with van der Waals surface area (Å²) in [6, 6.07) is 25.2. The van der Waals surface area contributed by atoms with Gasteiger partial charge in [0.25, 0.3) is 0 Å². The van der Waals surface area contributed by atoms with Crippen LogP contribution in [0.4, 0.5) is 5.69 Å². The summed E-state index contributed by atoms with van der Waals surface area (Å²) in [4.78, 5) is 25.1. The molecule has 0 radical (unpaired) electrons. The molecule has 182 valence electrons. The first-order valence-corrected chi connectivity index (χ1v) is 12.1. The van der Waals surface area contributed by atoms with E-state index in [4.69, 9.17) is 4.74 Å². The predicted octanol–water partition coefficient (Wildman–Crippen LogP) is 5.03. The van der Waals surface area contributed by atoms with E-state index in [1.165, 1.54) is 37.9 Å². The first-order valence-electron chi connectivity index (χ1n) is 12.1. The van der Waals surface area contributed by atoms with Gasteiger partial charge in [0.05, 0.1) is 13.7 Å². The van der Waals surface area contributed by atoms with Crippen molar-refractivity contribution in [2.45, 2.75) is 25.3 Å². The zero-order valence-electron chi connectivity index (χ0n) is 20.1. The summed E-state index contributed by atoms with van der Waals surface area (Å²) in [7, 11) is 1.54. The van der Waals surface area contributed by atoms with E-state index in [0.717, 1.165) is 6.42 Å². The Morgan fingerprint density at radius 3 is 2.33 bits per heavy atom. The predicted molar refractivity (Wildman–Crippen MR) is 144 cm³/mol. The van der Waals surface area contributed by atoms with Crippen LogP contribution >= 0.6 is 0 Å². The monoisotopic (exact) mass is 480 g/mol. The van der Waals surface area contributed by atoms with Crippen LogP contribution in [0.15, 0.2) is 78.9 Å². The number of aryl methyl sites for hydroxylation is 1. The minimum Gasteiger partial charge on any atom is -0.497 e. The number of carbonyl (C=O) groups excluding carboxylic acids is 2. The molecule has 3 N–H and O–H groups in total. The van der Waals surface area contributed by atoms with Gasteiger partial charge in [-0.15, -0.1) is 0 Å². The van der Waals surface area contributed by atoms with Crippen LogP contribution in [0.25, 0.3) is 32.3 Å². The molecule has 0 bridgehead atoms. The first kappa shape index (κ1) is 23.6. The highest BCUT2D eigenvalue weighted by molar-refractivity contribution is 6.23. The Kier molecular flexibility index (Phi) is 6.69. The summed E-state index contributed by atoms with van der Waals surface area (Å²) < 4.78 is 5.16. The number of hydrogen-bond acceptors (Lipinski definition) is 4. The van der Waals surface area contributed by atoms with Gasteiger partial charge in [-0.25, -0.2) is 0 Å². The van der Waals surface area contributed by atoms with E-state index in [2.05, 4.69) is 65.2 Å². The van der Waals surface area contributed by atoms with E-state index in [-0.39, 0.29) is 12.3 Å². The minimum absolute atomic E-state index is 0.255. The lowest BCUT2D eigenvalue weighted by atomic mass is 9.90. The van der Waals surface area contributed by atoms with E-state index >= 15 is 0 Å². The second kappa shape index (κ2) is 10.2. The molecule has 0 fully saturated rings. The SMILES string of the molecule is COc1cccc(NC(=O)C(CO)NC(=O)CCCc2ccc3ccc4cccc5ccc2c3c45)c1. The number of amides is 2. The highest BCUT2D eigenvalue weighted by Gasteiger charge is 2.20. The molecule has 6 nitrogen and oxygen atoms in total. The van der Waals surface area contributed by atoms with Crippen molar-refractivity contribution < 1.29 is 19.4 Å². The van der Waals surface area contributed by atoms with Gasteiger partial charge >= 0.3 is 0 Å². The summed E-state index contributed by atoms with van der Waals surface area (Å²) in [6.45, 7) is -0.490. The number of aliphatic hydroxyl groups is 1. The number of hydrogen-bond donors (Lipinski definition) is 3. The summed E-state index contributed by atoms with van der Waals surface area (Å²) in [5.74, 6) is -0.150. The van der Waals surface area contributed by atoms with E-state index in [0.29, 0.717) is 17.9 Å². The van der Waals surface area contributed by atoms with Crippen LogP contribution < -0.4 is 15.4 Å². The van der Waals surface area contributed by atoms with Crippen LogP contribution in [0.2, 0.25) is 0 Å². The van der Waals surface area contributed by atoms with Gasteiger partial charge in [-0.1, -0.05) is 60.7 Å². The van der Waals surface area contributed by atoms with Crippen LogP contribution in [0, 0.1) is 0 Å². The van der Waals surface area contributed by atoms with E-state index in [1.807, 2.05) is 0 Å². The molecule has 5 aromatic rings. The maximum atomic E-state index is 12.6. The van der Waals surface area contributed by atoms with Crippen molar-refractivity contribution in [2.75, 3.05) is 19.0 Å². The van der Waals surface area contributed by atoms with Crippen molar-refractivity contribution in [3.05, 3.63) is 84.4 Å². The van der Waals surface area contributed by atoms with Crippen LogP contribution in [0.3, 0.4) is 0 Å². The number of nitrogens with one attached hydrogen (secondary N) is 2. The summed E-state index contributed by atoms with van der Waals surface area (Å²) in [5, 5.41) is 22.5. The summed E-state index contributed by atoms with van der Waals surface area (Å²) >= 11 is 0. The van der Waals surface area contributed by atoms with Crippen molar-refractivity contribution in [2.24, 2.45) is 0 Å². The van der Waals surface area contributed by atoms with E-state index in [1.54, 1.807) is 31.4 Å². The number of rotatable bonds is 9. The molecule has 36 heavy (non-hydrogen) atoms. The molecule has 0 saturated heterocycles. The molecule has 0 heterocycles. The van der Waals surface area contributed by atoms with Gasteiger partial charge in [-0.05, 0) is 62.9 Å². The van der Waals surface area contributed by atoms with Gasteiger partial charge in [-0.3, -0.25) is 9.59 Å². The third kappa shape index (κ3) is 4.68. The Morgan fingerprint density at radius 2 is 1.58 bits per heavy atom. The second-order valence-corrected chi connectivity index (χ2v) is 8.96. The van der Waals surface area contributed by atoms with Crippen LogP contribution in [0.5, 0.6) is 5.75 Å². The number of carbonyl (C=O) groups is 2. The highest BCUT2D eigenvalue weighted by Crippen LogP contribution is 2.36. The normalized spacial score (nSPS) is 12.2. The number of aliphatic hydroxyl groups excluding tert-OH is 1. The minimum atomic E-state index is -1.03. The average Bonchev–Trinajstić information content (AvgIpc) is 2.91. The molecule has 2 amide bonds. The zero-order valence-corrected chi connectivity index (χ0v) is 20.1. The van der Waals surface area contributed by atoms with Crippen molar-refractivity contribution in [3.8, 4) is 5.75 Å². The third-order valence-electron chi connectivity index (χ3n) is 6.64. The third-order valence-corrected chi connectivity index (χ3v) is 6.64. The Balaban J connectivity index is 1.23. The van der Waals surface area contributed by atoms with Gasteiger partial charge < -0.3 is 20.5 Å². The molecule has 6 heteroatoms. The topological polar surface area (TPSA) is 87.7 Å². The Labute approximate surface area is 209 Å². The van der Waals surface area contributed by atoms with Gasteiger partial charge in [-0.2, -0.15) is 0 Å². The van der Waals surface area contributed by atoms with Crippen molar-refractivity contribution >= 4 is 49.8 Å². The molecule has 1 unspecified atom stereocenters. The molecular weight excluding hydrogens is 452 g/mol. The second-order valence-electron chi connectivity index (χ2n) is 8.96. The molecule has 5 aromatic carbocycles. The molecule has 0 aromatic heterocycles.